The SMILES string of the molecule is O=C(NCc1ccco1)C1CCN(C(=O)[C@H]2CC[C@@H](C(=O)O)C2)CC1. The predicted molar refractivity (Wildman–Crippen MR) is 88.3 cm³/mol. The summed E-state index contributed by atoms with van der Waals surface area (Å²) in [6.45, 7) is 1.50. The van der Waals surface area contributed by atoms with Gasteiger partial charge in [0.1, 0.15) is 5.76 Å². The number of carboxylic acids is 1. The van der Waals surface area contributed by atoms with Crippen molar-refractivity contribution in [1.29, 1.82) is 0 Å². The third-order valence-electron chi connectivity index (χ3n) is 5.33. The van der Waals surface area contributed by atoms with E-state index in [1.165, 1.54) is 0 Å². The number of rotatable bonds is 5. The molecule has 1 aromatic rings. The van der Waals surface area contributed by atoms with Gasteiger partial charge >= 0.3 is 5.97 Å². The Morgan fingerprint density at radius 1 is 1.12 bits per heavy atom. The molecule has 0 bridgehead atoms. The van der Waals surface area contributed by atoms with E-state index in [1.54, 1.807) is 17.2 Å². The largest absolute Gasteiger partial charge is 0.481 e. The number of carboxylic acid groups (broad SMARTS) is 1. The molecule has 3 rings (SSSR count). The van der Waals surface area contributed by atoms with Gasteiger partial charge in [-0.1, -0.05) is 0 Å². The Balaban J connectivity index is 1.43. The zero-order chi connectivity index (χ0) is 17.8. The molecule has 7 nitrogen and oxygen atoms in total. The first kappa shape index (κ1) is 17.5. The number of aliphatic carboxylic acids is 1. The average Bonchev–Trinajstić information content (AvgIpc) is 3.30. The molecule has 2 amide bonds. The smallest absolute Gasteiger partial charge is 0.306 e. The molecule has 25 heavy (non-hydrogen) atoms. The second-order valence-corrected chi connectivity index (χ2v) is 6.94. The molecule has 2 fully saturated rings. The molecule has 7 heteroatoms. The maximum atomic E-state index is 12.5. The lowest BCUT2D eigenvalue weighted by Gasteiger charge is -2.33. The zero-order valence-electron chi connectivity index (χ0n) is 14.1. The fourth-order valence-corrected chi connectivity index (χ4v) is 3.78. The van der Waals surface area contributed by atoms with E-state index in [9.17, 15) is 14.4 Å². The molecule has 1 aromatic heterocycles. The lowest BCUT2D eigenvalue weighted by Crippen LogP contribution is -2.44. The second-order valence-electron chi connectivity index (χ2n) is 6.94. The maximum Gasteiger partial charge on any atom is 0.306 e. The molecule has 2 N–H and O–H groups in total. The number of carbonyl (C=O) groups excluding carboxylic acids is 2. The van der Waals surface area contributed by atoms with Crippen LogP contribution < -0.4 is 5.32 Å². The third-order valence-corrected chi connectivity index (χ3v) is 5.33. The minimum Gasteiger partial charge on any atom is -0.481 e. The van der Waals surface area contributed by atoms with Crippen LogP contribution in [-0.2, 0) is 20.9 Å². The zero-order valence-corrected chi connectivity index (χ0v) is 14.1. The maximum absolute atomic E-state index is 12.5. The van der Waals surface area contributed by atoms with Crippen LogP contribution in [0.2, 0.25) is 0 Å². The highest BCUT2D eigenvalue weighted by molar-refractivity contribution is 5.82. The van der Waals surface area contributed by atoms with E-state index in [1.807, 2.05) is 6.07 Å². The van der Waals surface area contributed by atoms with Gasteiger partial charge in [0.25, 0.3) is 0 Å². The molecule has 1 aliphatic heterocycles. The van der Waals surface area contributed by atoms with E-state index in [0.29, 0.717) is 51.7 Å². The molecule has 1 saturated carbocycles. The van der Waals surface area contributed by atoms with Crippen LogP contribution in [0.5, 0.6) is 0 Å². The molecular weight excluding hydrogens is 324 g/mol. The first-order valence-corrected chi connectivity index (χ1v) is 8.86. The fourth-order valence-electron chi connectivity index (χ4n) is 3.78. The molecule has 2 aliphatic rings. The summed E-state index contributed by atoms with van der Waals surface area (Å²) in [6.07, 6.45) is 4.54. The molecule has 0 radical (unpaired) electrons. The topological polar surface area (TPSA) is 99.9 Å². The first-order valence-electron chi connectivity index (χ1n) is 8.86. The number of likely N-dealkylation sites (tertiary alicyclic amines) is 1. The summed E-state index contributed by atoms with van der Waals surface area (Å²) in [7, 11) is 0. The summed E-state index contributed by atoms with van der Waals surface area (Å²) in [6, 6.07) is 3.59. The van der Waals surface area contributed by atoms with Crippen LogP contribution in [-0.4, -0.2) is 40.9 Å². The summed E-state index contributed by atoms with van der Waals surface area (Å²) in [4.78, 5) is 37.6. The molecule has 2 heterocycles. The number of nitrogens with one attached hydrogen (secondary N) is 1. The highest BCUT2D eigenvalue weighted by Gasteiger charge is 2.37. The molecular formula is C18H24N2O5. The van der Waals surface area contributed by atoms with Crippen molar-refractivity contribution < 1.29 is 23.9 Å². The standard InChI is InChI=1S/C18H24N2O5/c21-16(19-11-15-2-1-9-25-15)12-5-7-20(8-6-12)17(22)13-3-4-14(10-13)18(23)24/h1-2,9,12-14H,3-8,10-11H2,(H,19,21)(H,23,24)/t13-,14+/m0/s1. The monoisotopic (exact) mass is 348 g/mol. The van der Waals surface area contributed by atoms with Crippen LogP contribution in [0.15, 0.2) is 22.8 Å². The van der Waals surface area contributed by atoms with Gasteiger partial charge in [-0.2, -0.15) is 0 Å². The van der Waals surface area contributed by atoms with Crippen LogP contribution >= 0.6 is 0 Å². The second kappa shape index (κ2) is 7.72. The van der Waals surface area contributed by atoms with Gasteiger partial charge in [-0.25, -0.2) is 0 Å². The Hall–Kier alpha value is -2.31. The van der Waals surface area contributed by atoms with Crippen LogP contribution in [0.1, 0.15) is 37.9 Å². The molecule has 1 aliphatic carbocycles. The molecule has 0 spiro atoms. The Morgan fingerprint density at radius 2 is 1.84 bits per heavy atom. The summed E-state index contributed by atoms with van der Waals surface area (Å²) in [5.41, 5.74) is 0. The Bertz CT molecular complexity index is 619. The molecule has 136 valence electrons. The minimum absolute atomic E-state index is 0.00435. The predicted octanol–water partition coefficient (Wildman–Crippen LogP) is 1.64. The van der Waals surface area contributed by atoms with Crippen molar-refractivity contribution in [1.82, 2.24) is 10.2 Å². The number of nitrogens with zero attached hydrogens (tertiary/aromatic N) is 1. The van der Waals surface area contributed by atoms with Crippen molar-refractivity contribution in [3.63, 3.8) is 0 Å². The van der Waals surface area contributed by atoms with Crippen molar-refractivity contribution in [2.45, 2.75) is 38.6 Å². The Morgan fingerprint density at radius 3 is 2.44 bits per heavy atom. The van der Waals surface area contributed by atoms with Crippen LogP contribution in [0.25, 0.3) is 0 Å². The highest BCUT2D eigenvalue weighted by Crippen LogP contribution is 2.33. The lowest BCUT2D eigenvalue weighted by atomic mass is 9.94. The number of hydrogen-bond donors (Lipinski definition) is 2. The molecule has 0 aromatic carbocycles. The van der Waals surface area contributed by atoms with Crippen LogP contribution in [0.3, 0.4) is 0 Å². The van der Waals surface area contributed by atoms with Gasteiger partial charge in [0, 0.05) is 24.9 Å². The van der Waals surface area contributed by atoms with Gasteiger partial charge in [0.2, 0.25) is 11.8 Å². The van der Waals surface area contributed by atoms with Gasteiger partial charge in [0.15, 0.2) is 0 Å². The summed E-state index contributed by atoms with van der Waals surface area (Å²) < 4.78 is 5.19. The Labute approximate surface area is 146 Å². The van der Waals surface area contributed by atoms with Crippen LogP contribution in [0.4, 0.5) is 0 Å². The van der Waals surface area contributed by atoms with E-state index in [0.717, 1.165) is 5.76 Å². The average molecular weight is 348 g/mol. The number of hydrogen-bond acceptors (Lipinski definition) is 4. The van der Waals surface area contributed by atoms with Crippen molar-refractivity contribution in [2.24, 2.45) is 17.8 Å². The highest BCUT2D eigenvalue weighted by atomic mass is 16.4. The summed E-state index contributed by atoms with van der Waals surface area (Å²) in [5, 5.41) is 11.9. The van der Waals surface area contributed by atoms with Crippen molar-refractivity contribution in [3.8, 4) is 0 Å². The fraction of sp³-hybridized carbons (Fsp3) is 0.611. The summed E-state index contributed by atoms with van der Waals surface area (Å²) >= 11 is 0. The van der Waals surface area contributed by atoms with Gasteiger partial charge < -0.3 is 19.7 Å². The van der Waals surface area contributed by atoms with Gasteiger partial charge in [-0.05, 0) is 44.2 Å². The van der Waals surface area contributed by atoms with Crippen molar-refractivity contribution in [2.75, 3.05) is 13.1 Å². The number of carbonyl (C=O) groups is 3. The number of piperidine rings is 1. The Kier molecular flexibility index (Phi) is 5.40. The normalized spacial score (nSPS) is 24.2. The van der Waals surface area contributed by atoms with E-state index in [4.69, 9.17) is 9.52 Å². The molecule has 1 saturated heterocycles. The van der Waals surface area contributed by atoms with E-state index in [2.05, 4.69) is 5.32 Å². The number of furan rings is 1. The van der Waals surface area contributed by atoms with E-state index in [-0.39, 0.29) is 29.6 Å². The summed E-state index contributed by atoms with van der Waals surface area (Å²) in [5.74, 6) is -0.690. The number of amides is 2. The molecule has 0 unspecified atom stereocenters. The van der Waals surface area contributed by atoms with Crippen molar-refractivity contribution in [3.05, 3.63) is 24.2 Å². The van der Waals surface area contributed by atoms with E-state index >= 15 is 0 Å². The lowest BCUT2D eigenvalue weighted by molar-refractivity contribution is -0.142. The molecule has 2 atom stereocenters. The van der Waals surface area contributed by atoms with Gasteiger partial charge in [-0.15, -0.1) is 0 Å². The first-order chi connectivity index (χ1) is 12.0. The van der Waals surface area contributed by atoms with Crippen LogP contribution in [0, 0.1) is 17.8 Å². The third kappa shape index (κ3) is 4.21. The van der Waals surface area contributed by atoms with Gasteiger partial charge in [-0.3, -0.25) is 14.4 Å². The van der Waals surface area contributed by atoms with E-state index < -0.39 is 5.97 Å². The van der Waals surface area contributed by atoms with Crippen molar-refractivity contribution >= 4 is 17.8 Å². The minimum atomic E-state index is -0.803. The van der Waals surface area contributed by atoms with Gasteiger partial charge in [0.05, 0.1) is 18.7 Å². The quantitative estimate of drug-likeness (QED) is 0.842.